The largest absolute Gasteiger partial charge is 0.396 e. The summed E-state index contributed by atoms with van der Waals surface area (Å²) < 4.78 is 26.3. The van der Waals surface area contributed by atoms with Gasteiger partial charge in [-0.05, 0) is 31.9 Å². The molecule has 0 saturated carbocycles. The number of nitrogens with one attached hydrogen (secondary N) is 1. The van der Waals surface area contributed by atoms with Crippen LogP contribution in [0.5, 0.6) is 0 Å². The maximum absolute atomic E-state index is 11.9. The molecule has 1 unspecified atom stereocenters. The van der Waals surface area contributed by atoms with Crippen molar-refractivity contribution in [2.45, 2.75) is 30.7 Å². The summed E-state index contributed by atoms with van der Waals surface area (Å²) in [4.78, 5) is 9.87. The van der Waals surface area contributed by atoms with Crippen LogP contribution in [0.25, 0.3) is 0 Å². The summed E-state index contributed by atoms with van der Waals surface area (Å²) in [6.45, 7) is 1.70. The number of nitro benzene ring substituents is 1. The fourth-order valence-electron chi connectivity index (χ4n) is 1.54. The molecule has 1 aromatic rings. The van der Waals surface area contributed by atoms with E-state index in [2.05, 4.69) is 4.72 Å². The zero-order valence-corrected chi connectivity index (χ0v) is 11.3. The topological polar surface area (TPSA) is 110 Å². The number of hydrogen-bond donors (Lipinski definition) is 2. The molecule has 0 heterocycles. The molecule has 1 aromatic carbocycles. The van der Waals surface area contributed by atoms with Gasteiger partial charge in [-0.25, -0.2) is 13.1 Å². The van der Waals surface area contributed by atoms with E-state index in [9.17, 15) is 18.5 Å². The van der Waals surface area contributed by atoms with Crippen molar-refractivity contribution in [3.8, 4) is 0 Å². The molecular weight excluding hydrogens is 272 g/mol. The number of nitrogens with zero attached hydrogens (tertiary/aromatic N) is 1. The maximum Gasteiger partial charge on any atom is 0.269 e. The smallest absolute Gasteiger partial charge is 0.269 e. The van der Waals surface area contributed by atoms with E-state index in [0.29, 0.717) is 12.8 Å². The van der Waals surface area contributed by atoms with Gasteiger partial charge in [0.1, 0.15) is 0 Å². The highest BCUT2D eigenvalue weighted by atomic mass is 32.2. The van der Waals surface area contributed by atoms with E-state index in [1.807, 2.05) is 0 Å². The van der Waals surface area contributed by atoms with Gasteiger partial charge in [0.2, 0.25) is 10.0 Å². The van der Waals surface area contributed by atoms with Crippen LogP contribution in [0.2, 0.25) is 0 Å². The molecule has 0 spiro atoms. The van der Waals surface area contributed by atoms with E-state index in [1.54, 1.807) is 6.92 Å². The third-order valence-corrected chi connectivity index (χ3v) is 4.11. The molecule has 8 heteroatoms. The van der Waals surface area contributed by atoms with Crippen molar-refractivity contribution >= 4 is 15.7 Å². The number of hydrogen-bond acceptors (Lipinski definition) is 5. The molecule has 7 nitrogen and oxygen atoms in total. The second kappa shape index (κ2) is 6.60. The molecule has 0 bridgehead atoms. The van der Waals surface area contributed by atoms with Gasteiger partial charge in [-0.3, -0.25) is 10.1 Å². The lowest BCUT2D eigenvalue weighted by Gasteiger charge is -2.13. The van der Waals surface area contributed by atoms with Crippen LogP contribution >= 0.6 is 0 Å². The first-order valence-electron chi connectivity index (χ1n) is 5.74. The highest BCUT2D eigenvalue weighted by Gasteiger charge is 2.18. The van der Waals surface area contributed by atoms with Crippen LogP contribution in [0.4, 0.5) is 5.69 Å². The van der Waals surface area contributed by atoms with Crippen LogP contribution in [-0.2, 0) is 10.0 Å². The van der Waals surface area contributed by atoms with E-state index in [0.717, 1.165) is 12.1 Å². The van der Waals surface area contributed by atoms with Crippen LogP contribution in [0, 0.1) is 10.1 Å². The number of benzene rings is 1. The Kier molecular flexibility index (Phi) is 5.40. The molecule has 0 radical (unpaired) electrons. The lowest BCUT2D eigenvalue weighted by molar-refractivity contribution is -0.384. The molecule has 0 aliphatic carbocycles. The summed E-state index contributed by atoms with van der Waals surface area (Å²) in [5, 5.41) is 19.1. The SMILES string of the molecule is CC(CCCO)NS(=O)(=O)c1ccc([N+](=O)[O-])cc1. The molecule has 0 aromatic heterocycles. The molecule has 0 saturated heterocycles. The van der Waals surface area contributed by atoms with Gasteiger partial charge in [0.15, 0.2) is 0 Å². The molecule has 1 atom stereocenters. The van der Waals surface area contributed by atoms with Gasteiger partial charge in [0, 0.05) is 24.8 Å². The van der Waals surface area contributed by atoms with Crippen LogP contribution in [0.3, 0.4) is 0 Å². The molecular formula is C11H16N2O5S. The molecule has 0 aliphatic heterocycles. The van der Waals surface area contributed by atoms with Gasteiger partial charge < -0.3 is 5.11 Å². The second-order valence-corrected chi connectivity index (χ2v) is 5.85. The third-order valence-electron chi connectivity index (χ3n) is 2.51. The Labute approximate surface area is 111 Å². The zero-order chi connectivity index (χ0) is 14.5. The normalized spacial score (nSPS) is 13.2. The van der Waals surface area contributed by atoms with Gasteiger partial charge in [0.05, 0.1) is 9.82 Å². The molecule has 19 heavy (non-hydrogen) atoms. The quantitative estimate of drug-likeness (QED) is 0.575. The molecule has 0 aliphatic rings. The van der Waals surface area contributed by atoms with Crippen molar-refractivity contribution in [1.82, 2.24) is 4.72 Å². The Morgan fingerprint density at radius 1 is 1.37 bits per heavy atom. The Hall–Kier alpha value is -1.51. The fourth-order valence-corrected chi connectivity index (χ4v) is 2.81. The minimum atomic E-state index is -3.69. The Morgan fingerprint density at radius 3 is 2.42 bits per heavy atom. The van der Waals surface area contributed by atoms with Gasteiger partial charge in [-0.2, -0.15) is 0 Å². The van der Waals surface area contributed by atoms with E-state index in [-0.39, 0.29) is 23.2 Å². The molecule has 0 fully saturated rings. The van der Waals surface area contributed by atoms with E-state index in [4.69, 9.17) is 5.11 Å². The predicted molar refractivity (Wildman–Crippen MR) is 69.2 cm³/mol. The Balaban J connectivity index is 2.79. The number of aliphatic hydroxyl groups excluding tert-OH is 1. The molecule has 106 valence electrons. The number of non-ortho nitro benzene ring substituents is 1. The standard InChI is InChI=1S/C11H16N2O5S/c1-9(3-2-8-14)12-19(17,18)11-6-4-10(5-7-11)13(15)16/h4-7,9,12,14H,2-3,8H2,1H3. The first-order valence-corrected chi connectivity index (χ1v) is 7.23. The van der Waals surface area contributed by atoms with Crippen molar-refractivity contribution in [2.24, 2.45) is 0 Å². The minimum Gasteiger partial charge on any atom is -0.396 e. The van der Waals surface area contributed by atoms with Crippen molar-refractivity contribution in [2.75, 3.05) is 6.61 Å². The van der Waals surface area contributed by atoms with Crippen molar-refractivity contribution in [1.29, 1.82) is 0 Å². The summed E-state index contributed by atoms with van der Waals surface area (Å²) in [6.07, 6.45) is 1.02. The third kappa shape index (κ3) is 4.58. The van der Waals surface area contributed by atoms with Crippen molar-refractivity contribution in [3.63, 3.8) is 0 Å². The predicted octanol–water partition coefficient (Wildman–Crippen LogP) is 1.03. The average Bonchev–Trinajstić information content (AvgIpc) is 2.36. The summed E-state index contributed by atoms with van der Waals surface area (Å²) >= 11 is 0. The van der Waals surface area contributed by atoms with Crippen molar-refractivity contribution in [3.05, 3.63) is 34.4 Å². The zero-order valence-electron chi connectivity index (χ0n) is 10.4. The number of aliphatic hydroxyl groups is 1. The lowest BCUT2D eigenvalue weighted by Crippen LogP contribution is -2.32. The monoisotopic (exact) mass is 288 g/mol. The maximum atomic E-state index is 11.9. The van der Waals surface area contributed by atoms with Crippen molar-refractivity contribution < 1.29 is 18.4 Å². The summed E-state index contributed by atoms with van der Waals surface area (Å²) in [5.74, 6) is 0. The van der Waals surface area contributed by atoms with Crippen LogP contribution in [-0.4, -0.2) is 31.1 Å². The van der Waals surface area contributed by atoms with Gasteiger partial charge >= 0.3 is 0 Å². The van der Waals surface area contributed by atoms with Gasteiger partial charge in [-0.15, -0.1) is 0 Å². The van der Waals surface area contributed by atoms with Gasteiger partial charge in [-0.1, -0.05) is 0 Å². The first kappa shape index (κ1) is 15.5. The van der Waals surface area contributed by atoms with E-state index < -0.39 is 14.9 Å². The summed E-state index contributed by atoms with van der Waals surface area (Å²) in [6, 6.07) is 4.37. The second-order valence-electron chi connectivity index (χ2n) is 4.14. The highest BCUT2D eigenvalue weighted by molar-refractivity contribution is 7.89. The van der Waals surface area contributed by atoms with Gasteiger partial charge in [0.25, 0.3) is 5.69 Å². The van der Waals surface area contributed by atoms with Crippen LogP contribution in [0.15, 0.2) is 29.2 Å². The van der Waals surface area contributed by atoms with Crippen LogP contribution < -0.4 is 4.72 Å². The van der Waals surface area contributed by atoms with E-state index in [1.165, 1.54) is 12.1 Å². The highest BCUT2D eigenvalue weighted by Crippen LogP contribution is 2.16. The Bertz CT molecular complexity index is 527. The fraction of sp³-hybridized carbons (Fsp3) is 0.455. The Morgan fingerprint density at radius 2 is 1.95 bits per heavy atom. The van der Waals surface area contributed by atoms with Crippen LogP contribution in [0.1, 0.15) is 19.8 Å². The summed E-state index contributed by atoms with van der Waals surface area (Å²) in [5.41, 5.74) is -0.160. The minimum absolute atomic E-state index is 0.00357. The number of nitro groups is 1. The average molecular weight is 288 g/mol. The molecule has 0 amide bonds. The number of sulfonamides is 1. The summed E-state index contributed by atoms with van der Waals surface area (Å²) in [7, 11) is -3.69. The van der Waals surface area contributed by atoms with E-state index >= 15 is 0 Å². The first-order chi connectivity index (χ1) is 8.86. The molecule has 2 N–H and O–H groups in total. The molecule has 1 rings (SSSR count). The number of rotatable bonds is 7. The lowest BCUT2D eigenvalue weighted by atomic mass is 10.2.